The summed E-state index contributed by atoms with van der Waals surface area (Å²) in [4.78, 5) is 17.3. The molecule has 0 aliphatic heterocycles. The SMILES string of the molecule is Cc1cc(-c2ccc(F)c(C(N)O)c2)nc2c(C(=O)N[C@@H](C)C3CC3)cnn12. The Morgan fingerprint density at radius 1 is 1.39 bits per heavy atom. The number of nitrogens with one attached hydrogen (secondary N) is 1. The minimum Gasteiger partial charge on any atom is -0.374 e. The topological polar surface area (TPSA) is 106 Å². The normalized spacial score (nSPS) is 16.2. The molecule has 1 unspecified atom stereocenters. The van der Waals surface area contributed by atoms with Gasteiger partial charge in [-0.05, 0) is 56.9 Å². The molecule has 4 rings (SSSR count). The van der Waals surface area contributed by atoms with Crippen LogP contribution in [0.1, 0.15) is 47.6 Å². The van der Waals surface area contributed by atoms with Crippen LogP contribution in [0.3, 0.4) is 0 Å². The number of amides is 1. The highest BCUT2D eigenvalue weighted by atomic mass is 19.1. The second-order valence-electron chi connectivity index (χ2n) is 7.36. The minimum atomic E-state index is -1.43. The van der Waals surface area contributed by atoms with Crippen LogP contribution >= 0.6 is 0 Å². The second-order valence-corrected chi connectivity index (χ2v) is 7.36. The quantitative estimate of drug-likeness (QED) is 0.587. The third kappa shape index (κ3) is 3.36. The van der Waals surface area contributed by atoms with Gasteiger partial charge in [0.2, 0.25) is 0 Å². The molecule has 1 amide bonds. The van der Waals surface area contributed by atoms with Gasteiger partial charge < -0.3 is 16.2 Å². The molecule has 4 N–H and O–H groups in total. The Morgan fingerprint density at radius 2 is 2.14 bits per heavy atom. The number of carbonyl (C=O) groups is 1. The van der Waals surface area contributed by atoms with Crippen LogP contribution in [0.2, 0.25) is 0 Å². The molecule has 2 atom stereocenters. The molecule has 1 aromatic carbocycles. The van der Waals surface area contributed by atoms with Crippen molar-refractivity contribution in [1.82, 2.24) is 19.9 Å². The van der Waals surface area contributed by atoms with Crippen molar-refractivity contribution in [3.8, 4) is 11.3 Å². The van der Waals surface area contributed by atoms with Crippen LogP contribution in [-0.2, 0) is 0 Å². The third-order valence-corrected chi connectivity index (χ3v) is 5.19. The monoisotopic (exact) mass is 383 g/mol. The first kappa shape index (κ1) is 18.5. The first-order valence-electron chi connectivity index (χ1n) is 9.25. The molecule has 0 spiro atoms. The van der Waals surface area contributed by atoms with Crippen molar-refractivity contribution in [2.24, 2.45) is 11.7 Å². The highest BCUT2D eigenvalue weighted by Gasteiger charge is 2.30. The lowest BCUT2D eigenvalue weighted by Gasteiger charge is -2.12. The second kappa shape index (κ2) is 6.96. The van der Waals surface area contributed by atoms with E-state index in [1.807, 2.05) is 13.8 Å². The zero-order valence-electron chi connectivity index (χ0n) is 15.7. The van der Waals surface area contributed by atoms with Crippen molar-refractivity contribution in [3.05, 3.63) is 53.1 Å². The number of fused-ring (bicyclic) bond motifs is 1. The molecule has 8 heteroatoms. The van der Waals surface area contributed by atoms with Gasteiger partial charge in [-0.25, -0.2) is 13.9 Å². The molecular formula is C20H22FN5O2. The van der Waals surface area contributed by atoms with E-state index < -0.39 is 12.0 Å². The summed E-state index contributed by atoms with van der Waals surface area (Å²) < 4.78 is 15.5. The average Bonchev–Trinajstić information content (AvgIpc) is 3.41. The summed E-state index contributed by atoms with van der Waals surface area (Å²) in [5.41, 5.74) is 8.13. The van der Waals surface area contributed by atoms with E-state index in [4.69, 9.17) is 5.73 Å². The molecule has 0 bridgehead atoms. The van der Waals surface area contributed by atoms with Gasteiger partial charge in [-0.15, -0.1) is 0 Å². The number of aryl methyl sites for hydroxylation is 1. The van der Waals surface area contributed by atoms with Gasteiger partial charge in [0.1, 0.15) is 17.6 Å². The highest BCUT2D eigenvalue weighted by molar-refractivity contribution is 6.00. The number of nitrogens with two attached hydrogens (primary N) is 1. The van der Waals surface area contributed by atoms with E-state index in [1.165, 1.54) is 18.3 Å². The minimum absolute atomic E-state index is 0.0124. The van der Waals surface area contributed by atoms with Crippen LogP contribution in [0.4, 0.5) is 4.39 Å². The number of aliphatic hydroxyl groups excluding tert-OH is 1. The Balaban J connectivity index is 1.75. The molecule has 2 aromatic heterocycles. The maximum Gasteiger partial charge on any atom is 0.256 e. The number of hydrogen-bond donors (Lipinski definition) is 3. The van der Waals surface area contributed by atoms with E-state index in [0.29, 0.717) is 28.4 Å². The van der Waals surface area contributed by atoms with Gasteiger partial charge in [-0.3, -0.25) is 4.79 Å². The summed E-state index contributed by atoms with van der Waals surface area (Å²) in [7, 11) is 0. The lowest BCUT2D eigenvalue weighted by atomic mass is 10.1. The third-order valence-electron chi connectivity index (χ3n) is 5.19. The van der Waals surface area contributed by atoms with Crippen LogP contribution in [0.15, 0.2) is 30.5 Å². The van der Waals surface area contributed by atoms with Crippen LogP contribution in [0.5, 0.6) is 0 Å². The van der Waals surface area contributed by atoms with Gasteiger partial charge in [0.25, 0.3) is 5.91 Å². The van der Waals surface area contributed by atoms with Crippen molar-refractivity contribution in [3.63, 3.8) is 0 Å². The Kier molecular flexibility index (Phi) is 4.60. The molecule has 7 nitrogen and oxygen atoms in total. The van der Waals surface area contributed by atoms with E-state index in [9.17, 15) is 14.3 Å². The fourth-order valence-corrected chi connectivity index (χ4v) is 3.35. The van der Waals surface area contributed by atoms with Crippen molar-refractivity contribution in [2.75, 3.05) is 0 Å². The number of nitrogens with zero attached hydrogens (tertiary/aromatic N) is 3. The smallest absolute Gasteiger partial charge is 0.256 e. The number of aliphatic hydroxyl groups is 1. The molecule has 3 aromatic rings. The van der Waals surface area contributed by atoms with Crippen LogP contribution in [0.25, 0.3) is 16.9 Å². The van der Waals surface area contributed by atoms with Gasteiger partial charge in [0.15, 0.2) is 5.65 Å². The maximum absolute atomic E-state index is 13.9. The van der Waals surface area contributed by atoms with Gasteiger partial charge in [0.05, 0.1) is 11.9 Å². The molecule has 28 heavy (non-hydrogen) atoms. The Hall–Kier alpha value is -2.84. The number of carbonyl (C=O) groups excluding carboxylic acids is 1. The standard InChI is InChI=1S/C20H22FN5O2/c1-10-7-17(13-5-6-16(21)14(8-13)18(22)27)25-19-15(9-23-26(10)19)20(28)24-11(2)12-3-4-12/h5-9,11-12,18,27H,3-4,22H2,1-2H3,(H,24,28)/t11-,18?/m0/s1. The van der Waals surface area contributed by atoms with Gasteiger partial charge in [0, 0.05) is 22.9 Å². The summed E-state index contributed by atoms with van der Waals surface area (Å²) in [6, 6.07) is 6.16. The van der Waals surface area contributed by atoms with Crippen molar-refractivity contribution < 1.29 is 14.3 Å². The van der Waals surface area contributed by atoms with Crippen molar-refractivity contribution in [1.29, 1.82) is 0 Å². The summed E-state index contributed by atoms with van der Waals surface area (Å²) in [5.74, 6) is -0.262. The molecular weight excluding hydrogens is 361 g/mol. The molecule has 0 saturated heterocycles. The Morgan fingerprint density at radius 3 is 2.82 bits per heavy atom. The molecule has 1 aliphatic rings. The predicted octanol–water partition coefficient (Wildman–Crippen LogP) is 2.32. The average molecular weight is 383 g/mol. The number of aromatic nitrogens is 3. The number of hydrogen-bond acceptors (Lipinski definition) is 5. The zero-order chi connectivity index (χ0) is 20.0. The molecule has 2 heterocycles. The fourth-order valence-electron chi connectivity index (χ4n) is 3.35. The molecule has 1 fully saturated rings. The van der Waals surface area contributed by atoms with E-state index in [0.717, 1.165) is 18.5 Å². The van der Waals surface area contributed by atoms with Crippen molar-refractivity contribution in [2.45, 2.75) is 39.0 Å². The number of benzene rings is 1. The highest BCUT2D eigenvalue weighted by Crippen LogP contribution is 2.32. The molecule has 1 aliphatic carbocycles. The number of halogens is 1. The maximum atomic E-state index is 13.9. The summed E-state index contributed by atoms with van der Waals surface area (Å²) in [6.45, 7) is 3.85. The molecule has 146 valence electrons. The summed E-state index contributed by atoms with van der Waals surface area (Å²) >= 11 is 0. The fraction of sp³-hybridized carbons (Fsp3) is 0.350. The van der Waals surface area contributed by atoms with Gasteiger partial charge in [-0.1, -0.05) is 0 Å². The molecule has 1 saturated carbocycles. The lowest BCUT2D eigenvalue weighted by Crippen LogP contribution is -2.34. The van der Waals surface area contributed by atoms with E-state index in [1.54, 1.807) is 16.6 Å². The van der Waals surface area contributed by atoms with Crippen molar-refractivity contribution >= 4 is 11.6 Å². The largest absolute Gasteiger partial charge is 0.374 e. The lowest BCUT2D eigenvalue weighted by molar-refractivity contribution is 0.0937. The van der Waals surface area contributed by atoms with E-state index in [2.05, 4.69) is 15.4 Å². The summed E-state index contributed by atoms with van der Waals surface area (Å²) in [5, 5.41) is 16.9. The zero-order valence-corrected chi connectivity index (χ0v) is 15.7. The van der Waals surface area contributed by atoms with Crippen LogP contribution in [0, 0.1) is 18.7 Å². The van der Waals surface area contributed by atoms with Crippen LogP contribution in [-0.4, -0.2) is 31.7 Å². The number of rotatable bonds is 5. The Labute approximate surface area is 161 Å². The van der Waals surface area contributed by atoms with Crippen LogP contribution < -0.4 is 11.1 Å². The summed E-state index contributed by atoms with van der Waals surface area (Å²) in [6.07, 6.45) is 2.35. The Bertz CT molecular complexity index is 1060. The van der Waals surface area contributed by atoms with E-state index >= 15 is 0 Å². The first-order valence-corrected chi connectivity index (χ1v) is 9.25. The first-order chi connectivity index (χ1) is 13.3. The van der Waals surface area contributed by atoms with Gasteiger partial charge in [-0.2, -0.15) is 5.10 Å². The predicted molar refractivity (Wildman–Crippen MR) is 102 cm³/mol. The van der Waals surface area contributed by atoms with Gasteiger partial charge >= 0.3 is 0 Å². The van der Waals surface area contributed by atoms with E-state index in [-0.39, 0.29) is 17.5 Å². The molecule has 0 radical (unpaired) electrons.